The Morgan fingerprint density at radius 2 is 2.00 bits per heavy atom. The molecule has 1 aliphatic heterocycles. The van der Waals surface area contributed by atoms with Crippen LogP contribution in [0.5, 0.6) is 5.75 Å². The number of nitrogens with zero attached hydrogens (tertiary/aromatic N) is 1. The van der Waals surface area contributed by atoms with Gasteiger partial charge in [0.25, 0.3) is 5.91 Å². The second-order valence-electron chi connectivity index (χ2n) is 6.27. The van der Waals surface area contributed by atoms with Gasteiger partial charge < -0.3 is 10.1 Å². The maximum Gasteiger partial charge on any atom is 0.267 e. The van der Waals surface area contributed by atoms with Crippen molar-refractivity contribution in [2.24, 2.45) is 0 Å². The second-order valence-corrected chi connectivity index (χ2v) is 8.59. The Labute approximate surface area is 157 Å². The van der Waals surface area contributed by atoms with Crippen LogP contribution < -0.4 is 14.4 Å². The van der Waals surface area contributed by atoms with Crippen molar-refractivity contribution in [1.82, 2.24) is 0 Å². The molecule has 26 heavy (non-hydrogen) atoms. The molecule has 6 nitrogen and oxygen atoms in total. The zero-order valence-electron chi connectivity index (χ0n) is 14.6. The van der Waals surface area contributed by atoms with Gasteiger partial charge in [-0.1, -0.05) is 23.7 Å². The number of sulfonamides is 1. The summed E-state index contributed by atoms with van der Waals surface area (Å²) in [6.45, 7) is 3.56. The summed E-state index contributed by atoms with van der Waals surface area (Å²) in [5, 5.41) is 3.30. The number of fused-ring (bicyclic) bond motifs is 1. The van der Waals surface area contributed by atoms with Crippen molar-refractivity contribution in [2.75, 3.05) is 22.4 Å². The number of aryl methyl sites for hydroxylation is 1. The van der Waals surface area contributed by atoms with Gasteiger partial charge in [-0.3, -0.25) is 9.10 Å². The first-order chi connectivity index (χ1) is 12.2. The zero-order valence-corrected chi connectivity index (χ0v) is 16.2. The van der Waals surface area contributed by atoms with Crippen LogP contribution in [0.4, 0.5) is 11.4 Å². The van der Waals surface area contributed by atoms with Gasteiger partial charge in [0.2, 0.25) is 10.0 Å². The summed E-state index contributed by atoms with van der Waals surface area (Å²) >= 11 is 6.08. The molecule has 0 fully saturated rings. The van der Waals surface area contributed by atoms with Crippen molar-refractivity contribution in [3.63, 3.8) is 0 Å². The lowest BCUT2D eigenvalue weighted by molar-refractivity contribution is -0.122. The molecule has 1 amide bonds. The van der Waals surface area contributed by atoms with Gasteiger partial charge in [0.05, 0.1) is 18.5 Å². The standard InChI is InChI=1S/C18H19ClN2O4S/c1-11-7-8-16-15(9-11)21(26(3,23)24)10-17(25-16)18(22)20-14-6-4-5-13(19)12(14)2/h4-9,17H,10H2,1-3H3,(H,20,22). The molecule has 0 saturated heterocycles. The number of ether oxygens (including phenoxy) is 1. The fourth-order valence-electron chi connectivity index (χ4n) is 2.77. The quantitative estimate of drug-likeness (QED) is 0.867. The summed E-state index contributed by atoms with van der Waals surface area (Å²) in [7, 11) is -3.56. The molecular formula is C18H19ClN2O4S. The first-order valence-corrected chi connectivity index (χ1v) is 10.2. The van der Waals surface area contributed by atoms with Crippen LogP contribution >= 0.6 is 11.6 Å². The Hall–Kier alpha value is -2.25. The van der Waals surface area contributed by atoms with E-state index in [1.807, 2.05) is 6.92 Å². The molecule has 2 aromatic rings. The maximum atomic E-state index is 12.7. The number of nitrogens with one attached hydrogen (secondary N) is 1. The minimum absolute atomic E-state index is 0.0965. The molecule has 8 heteroatoms. The van der Waals surface area contributed by atoms with Crippen molar-refractivity contribution in [1.29, 1.82) is 0 Å². The van der Waals surface area contributed by atoms with Crippen molar-refractivity contribution < 1.29 is 17.9 Å². The topological polar surface area (TPSA) is 75.7 Å². The average Bonchev–Trinajstić information content (AvgIpc) is 2.57. The monoisotopic (exact) mass is 394 g/mol. The summed E-state index contributed by atoms with van der Waals surface area (Å²) in [6.07, 6.45) is 0.138. The second kappa shape index (κ2) is 6.81. The van der Waals surface area contributed by atoms with E-state index in [0.29, 0.717) is 22.1 Å². The Morgan fingerprint density at radius 3 is 2.69 bits per heavy atom. The van der Waals surface area contributed by atoms with Crippen LogP contribution in [0.1, 0.15) is 11.1 Å². The first kappa shape index (κ1) is 18.5. The number of amides is 1. The van der Waals surface area contributed by atoms with Crippen molar-refractivity contribution in [2.45, 2.75) is 20.0 Å². The molecule has 0 radical (unpaired) electrons. The van der Waals surface area contributed by atoms with Crippen molar-refractivity contribution >= 4 is 38.9 Å². The predicted molar refractivity (Wildman–Crippen MR) is 103 cm³/mol. The third kappa shape index (κ3) is 3.64. The van der Waals surface area contributed by atoms with Gasteiger partial charge >= 0.3 is 0 Å². The van der Waals surface area contributed by atoms with Crippen molar-refractivity contribution in [3.05, 3.63) is 52.5 Å². The smallest absolute Gasteiger partial charge is 0.267 e. The average molecular weight is 395 g/mol. The largest absolute Gasteiger partial charge is 0.476 e. The van der Waals surface area contributed by atoms with Gasteiger partial charge in [0, 0.05) is 10.7 Å². The van der Waals surface area contributed by atoms with E-state index in [9.17, 15) is 13.2 Å². The molecule has 3 rings (SSSR count). The summed E-state index contributed by atoms with van der Waals surface area (Å²) in [6, 6.07) is 10.4. The molecule has 1 aliphatic rings. The normalized spacial score (nSPS) is 16.6. The minimum atomic E-state index is -3.56. The van der Waals surface area contributed by atoms with Crippen LogP contribution in [0, 0.1) is 13.8 Å². The predicted octanol–water partition coefficient (Wildman–Crippen LogP) is 3.12. The lowest BCUT2D eigenvalue weighted by atomic mass is 10.1. The molecule has 1 heterocycles. The summed E-state index contributed by atoms with van der Waals surface area (Å²) in [5.74, 6) is -0.0783. The Morgan fingerprint density at radius 1 is 1.27 bits per heavy atom. The van der Waals surface area contributed by atoms with E-state index in [-0.39, 0.29) is 6.54 Å². The van der Waals surface area contributed by atoms with Crippen molar-refractivity contribution in [3.8, 4) is 5.75 Å². The van der Waals surface area contributed by atoms with E-state index >= 15 is 0 Å². The Kier molecular flexibility index (Phi) is 4.86. The molecule has 1 atom stereocenters. The van der Waals surface area contributed by atoms with Crippen LogP contribution in [0.15, 0.2) is 36.4 Å². The van der Waals surface area contributed by atoms with Gasteiger partial charge in [-0.05, 0) is 49.2 Å². The number of halogens is 1. The van der Waals surface area contributed by atoms with E-state index in [4.69, 9.17) is 16.3 Å². The zero-order chi connectivity index (χ0) is 19.1. The van der Waals surface area contributed by atoms with Crippen LogP contribution in [-0.4, -0.2) is 33.2 Å². The van der Waals surface area contributed by atoms with Crippen LogP contribution in [-0.2, 0) is 14.8 Å². The summed E-state index contributed by atoms with van der Waals surface area (Å²) < 4.78 is 31.4. The first-order valence-electron chi connectivity index (χ1n) is 7.98. The van der Waals surface area contributed by atoms with Gasteiger partial charge in [-0.15, -0.1) is 0 Å². The molecular weight excluding hydrogens is 376 g/mol. The molecule has 1 unspecified atom stereocenters. The van der Waals surface area contributed by atoms with E-state index < -0.39 is 22.0 Å². The highest BCUT2D eigenvalue weighted by Crippen LogP contribution is 2.36. The van der Waals surface area contributed by atoms with E-state index in [0.717, 1.165) is 17.4 Å². The summed E-state index contributed by atoms with van der Waals surface area (Å²) in [5.41, 5.74) is 2.63. The maximum absolute atomic E-state index is 12.7. The highest BCUT2D eigenvalue weighted by atomic mass is 35.5. The molecule has 0 aliphatic carbocycles. The third-order valence-corrected chi connectivity index (χ3v) is 5.76. The van der Waals surface area contributed by atoms with Crippen LogP contribution in [0.25, 0.3) is 0 Å². The number of anilines is 2. The Balaban J connectivity index is 1.91. The van der Waals surface area contributed by atoms with Gasteiger partial charge in [-0.25, -0.2) is 8.42 Å². The SMILES string of the molecule is Cc1ccc2c(c1)N(S(C)(=O)=O)CC(C(=O)Nc1cccc(Cl)c1C)O2. The number of carbonyl (C=O) groups is 1. The highest BCUT2D eigenvalue weighted by Gasteiger charge is 2.35. The number of hydrogen-bond donors (Lipinski definition) is 1. The minimum Gasteiger partial charge on any atom is -0.476 e. The fraction of sp³-hybridized carbons (Fsp3) is 0.278. The third-order valence-electron chi connectivity index (χ3n) is 4.20. The molecule has 138 valence electrons. The summed E-state index contributed by atoms with van der Waals surface area (Å²) in [4.78, 5) is 12.7. The fourth-order valence-corrected chi connectivity index (χ4v) is 3.85. The Bertz CT molecular complexity index is 975. The van der Waals surface area contributed by atoms with Gasteiger partial charge in [-0.2, -0.15) is 0 Å². The number of hydrogen-bond acceptors (Lipinski definition) is 4. The molecule has 0 spiro atoms. The molecule has 0 bridgehead atoms. The molecule has 0 saturated carbocycles. The molecule has 2 aromatic carbocycles. The van der Waals surface area contributed by atoms with E-state index in [2.05, 4.69) is 5.32 Å². The van der Waals surface area contributed by atoms with E-state index in [1.165, 1.54) is 4.31 Å². The lowest BCUT2D eigenvalue weighted by Gasteiger charge is -2.34. The number of carbonyl (C=O) groups excluding carboxylic acids is 1. The van der Waals surface area contributed by atoms with Gasteiger partial charge in [0.15, 0.2) is 6.10 Å². The number of benzene rings is 2. The number of rotatable bonds is 3. The highest BCUT2D eigenvalue weighted by molar-refractivity contribution is 7.92. The van der Waals surface area contributed by atoms with Gasteiger partial charge in [0.1, 0.15) is 5.75 Å². The van der Waals surface area contributed by atoms with E-state index in [1.54, 1.807) is 43.3 Å². The van der Waals surface area contributed by atoms with Crippen LogP contribution in [0.2, 0.25) is 5.02 Å². The van der Waals surface area contributed by atoms with Crippen LogP contribution in [0.3, 0.4) is 0 Å². The lowest BCUT2D eigenvalue weighted by Crippen LogP contribution is -2.48. The molecule has 0 aromatic heterocycles. The molecule has 1 N–H and O–H groups in total.